The van der Waals surface area contributed by atoms with Crippen LogP contribution in [0.2, 0.25) is 0 Å². The first kappa shape index (κ1) is 21.8. The second-order valence-electron chi connectivity index (χ2n) is 6.25. The molecule has 0 saturated carbocycles. The van der Waals surface area contributed by atoms with Gasteiger partial charge in [-0.15, -0.1) is 0 Å². The zero-order valence-electron chi connectivity index (χ0n) is 16.3. The van der Waals surface area contributed by atoms with Gasteiger partial charge in [-0.3, -0.25) is 19.2 Å². The van der Waals surface area contributed by atoms with Crippen molar-refractivity contribution in [3.8, 4) is 11.5 Å². The minimum atomic E-state index is -0.666. The Morgan fingerprint density at radius 1 is 0.655 bits per heavy atom. The van der Waals surface area contributed by atoms with Crippen LogP contribution in [0.25, 0.3) is 0 Å². The van der Waals surface area contributed by atoms with Crippen molar-refractivity contribution in [2.75, 3.05) is 0 Å². The molecule has 0 atom stereocenters. The van der Waals surface area contributed by atoms with Gasteiger partial charge in [0.2, 0.25) is 0 Å². The number of hydrogen-bond acceptors (Lipinski definition) is 7. The highest BCUT2D eigenvalue weighted by molar-refractivity contribution is 5.85. The molecule has 0 unspecified atom stereocenters. The van der Waals surface area contributed by atoms with E-state index in [1.807, 2.05) is 0 Å². The van der Waals surface area contributed by atoms with Gasteiger partial charge in [0.15, 0.2) is 0 Å². The van der Waals surface area contributed by atoms with Crippen molar-refractivity contribution in [2.45, 2.75) is 39.5 Å². The Hall–Kier alpha value is -3.48. The summed E-state index contributed by atoms with van der Waals surface area (Å²) in [6.45, 7) is 2.59. The molecule has 0 saturated heterocycles. The molecule has 0 fully saturated rings. The van der Waals surface area contributed by atoms with Gasteiger partial charge in [0.25, 0.3) is 0 Å². The third-order valence-electron chi connectivity index (χ3n) is 3.88. The highest BCUT2D eigenvalue weighted by atomic mass is 16.6. The van der Waals surface area contributed by atoms with E-state index in [1.54, 1.807) is 48.5 Å². The molecule has 0 aliphatic carbocycles. The van der Waals surface area contributed by atoms with Gasteiger partial charge in [-0.05, 0) is 36.1 Å². The molecule has 0 aromatic heterocycles. The molecular weight excluding hydrogens is 376 g/mol. The summed E-state index contributed by atoms with van der Waals surface area (Å²) < 4.78 is 15.0. The molecule has 152 valence electrons. The molecule has 0 heterocycles. The number of carbonyl (C=O) groups excluding carboxylic acids is 4. The fourth-order valence-electron chi connectivity index (χ4n) is 2.63. The maximum absolute atomic E-state index is 12.0. The quantitative estimate of drug-likeness (QED) is 0.383. The van der Waals surface area contributed by atoms with Crippen molar-refractivity contribution >= 4 is 23.9 Å². The highest BCUT2D eigenvalue weighted by Crippen LogP contribution is 2.21. The van der Waals surface area contributed by atoms with Crippen molar-refractivity contribution in [3.05, 3.63) is 59.7 Å². The predicted octanol–water partition coefficient (Wildman–Crippen LogP) is 3.17. The summed E-state index contributed by atoms with van der Waals surface area (Å²) in [6.07, 6.45) is 0.470. The molecule has 0 amide bonds. The van der Waals surface area contributed by atoms with E-state index in [0.717, 1.165) is 0 Å². The van der Waals surface area contributed by atoms with Crippen LogP contribution in [0.4, 0.5) is 0 Å². The van der Waals surface area contributed by atoms with E-state index in [9.17, 15) is 19.2 Å². The van der Waals surface area contributed by atoms with Gasteiger partial charge in [-0.25, -0.2) is 0 Å². The zero-order valence-corrected chi connectivity index (χ0v) is 16.3. The molecule has 0 radical (unpaired) electrons. The summed E-state index contributed by atoms with van der Waals surface area (Å²) >= 11 is 0. The first-order valence-electron chi connectivity index (χ1n) is 9.11. The van der Waals surface area contributed by atoms with Crippen molar-refractivity contribution < 1.29 is 33.4 Å². The van der Waals surface area contributed by atoms with Crippen LogP contribution < -0.4 is 9.47 Å². The van der Waals surface area contributed by atoms with Gasteiger partial charge < -0.3 is 14.2 Å². The number of ether oxygens (including phenoxy) is 3. The number of para-hydroxylation sites is 2. The van der Waals surface area contributed by atoms with Crippen molar-refractivity contribution in [2.24, 2.45) is 0 Å². The number of esters is 4. The van der Waals surface area contributed by atoms with Crippen molar-refractivity contribution in [3.63, 3.8) is 0 Å². The Balaban J connectivity index is 1.84. The molecule has 0 aliphatic rings. The predicted molar refractivity (Wildman–Crippen MR) is 103 cm³/mol. The highest BCUT2D eigenvalue weighted by Gasteiger charge is 2.14. The molecule has 7 nitrogen and oxygen atoms in total. The third-order valence-corrected chi connectivity index (χ3v) is 3.88. The lowest BCUT2D eigenvalue weighted by molar-refractivity contribution is -0.159. The first-order valence-corrected chi connectivity index (χ1v) is 9.11. The average Bonchev–Trinajstić information content (AvgIpc) is 2.66. The molecule has 0 spiro atoms. The fraction of sp³-hybridized carbons (Fsp3) is 0.273. The largest absolute Gasteiger partial charge is 0.426 e. The number of aryl methyl sites for hydroxylation is 2. The van der Waals surface area contributed by atoms with Crippen LogP contribution in [0.5, 0.6) is 11.5 Å². The molecule has 0 aliphatic heterocycles. The second-order valence-corrected chi connectivity index (χ2v) is 6.25. The molecule has 2 aromatic rings. The Morgan fingerprint density at radius 3 is 1.41 bits per heavy atom. The van der Waals surface area contributed by atoms with E-state index in [2.05, 4.69) is 0 Å². The number of hydrogen-bond donors (Lipinski definition) is 0. The molecule has 0 bridgehead atoms. The monoisotopic (exact) mass is 398 g/mol. The SMILES string of the molecule is CC(=O)Oc1ccccc1CCC(=O)OC(=O)CCc1ccccc1OC(C)=O. The van der Waals surface area contributed by atoms with Crippen LogP contribution in [0, 0.1) is 0 Å². The van der Waals surface area contributed by atoms with Gasteiger partial charge in [0, 0.05) is 13.8 Å². The molecule has 7 heteroatoms. The summed E-state index contributed by atoms with van der Waals surface area (Å²) in [5.74, 6) is -1.49. The lowest BCUT2D eigenvalue weighted by Gasteiger charge is -2.09. The summed E-state index contributed by atoms with van der Waals surface area (Å²) in [5, 5.41) is 0. The summed E-state index contributed by atoms with van der Waals surface area (Å²) in [7, 11) is 0. The third kappa shape index (κ3) is 7.57. The molecule has 29 heavy (non-hydrogen) atoms. The van der Waals surface area contributed by atoms with Crippen LogP contribution in [0.3, 0.4) is 0 Å². The van der Waals surface area contributed by atoms with Gasteiger partial charge in [0.1, 0.15) is 11.5 Å². The molecule has 2 aromatic carbocycles. The minimum absolute atomic E-state index is 0.0337. The van der Waals surface area contributed by atoms with Crippen LogP contribution in [-0.4, -0.2) is 23.9 Å². The molecule has 2 rings (SSSR count). The average molecular weight is 398 g/mol. The van der Waals surface area contributed by atoms with E-state index in [-0.39, 0.29) is 25.7 Å². The number of carbonyl (C=O) groups is 4. The minimum Gasteiger partial charge on any atom is -0.426 e. The number of rotatable bonds is 8. The second kappa shape index (κ2) is 10.8. The Kier molecular flexibility index (Phi) is 8.09. The van der Waals surface area contributed by atoms with Crippen LogP contribution in [-0.2, 0) is 36.8 Å². The molecular formula is C22H22O7. The smallest absolute Gasteiger partial charge is 0.313 e. The Bertz CT molecular complexity index is 828. The maximum Gasteiger partial charge on any atom is 0.313 e. The van der Waals surface area contributed by atoms with E-state index in [4.69, 9.17) is 14.2 Å². The fourth-order valence-corrected chi connectivity index (χ4v) is 2.63. The zero-order chi connectivity index (χ0) is 21.2. The van der Waals surface area contributed by atoms with Gasteiger partial charge in [-0.1, -0.05) is 36.4 Å². The van der Waals surface area contributed by atoms with E-state index < -0.39 is 23.9 Å². The van der Waals surface area contributed by atoms with Crippen molar-refractivity contribution in [1.82, 2.24) is 0 Å². The van der Waals surface area contributed by atoms with Crippen LogP contribution >= 0.6 is 0 Å². The molecule has 0 N–H and O–H groups in total. The Labute approximate surface area is 168 Å². The van der Waals surface area contributed by atoms with E-state index in [1.165, 1.54) is 13.8 Å². The summed E-state index contributed by atoms with van der Waals surface area (Å²) in [4.78, 5) is 46.2. The van der Waals surface area contributed by atoms with E-state index >= 15 is 0 Å². The first-order chi connectivity index (χ1) is 13.8. The lowest BCUT2D eigenvalue weighted by Crippen LogP contribution is -2.14. The summed E-state index contributed by atoms with van der Waals surface area (Å²) in [6, 6.07) is 13.7. The standard InChI is InChI=1S/C22H22O7/c1-15(23)27-19-9-5-3-7-17(19)11-13-21(25)29-22(26)14-12-18-8-4-6-10-20(18)28-16(2)24/h3-10H,11-14H2,1-2H3. The van der Waals surface area contributed by atoms with Crippen molar-refractivity contribution in [1.29, 1.82) is 0 Å². The van der Waals surface area contributed by atoms with Gasteiger partial charge in [0.05, 0.1) is 12.8 Å². The number of benzene rings is 2. The van der Waals surface area contributed by atoms with Crippen LogP contribution in [0.15, 0.2) is 48.5 Å². The lowest BCUT2D eigenvalue weighted by atomic mass is 10.1. The topological polar surface area (TPSA) is 96.0 Å². The Morgan fingerprint density at radius 2 is 1.03 bits per heavy atom. The van der Waals surface area contributed by atoms with Gasteiger partial charge >= 0.3 is 23.9 Å². The normalized spacial score (nSPS) is 10.1. The summed E-state index contributed by atoms with van der Waals surface area (Å²) in [5.41, 5.74) is 1.34. The van der Waals surface area contributed by atoms with Crippen LogP contribution in [0.1, 0.15) is 37.8 Å². The van der Waals surface area contributed by atoms with Gasteiger partial charge in [-0.2, -0.15) is 0 Å². The maximum atomic E-state index is 12.0. The van der Waals surface area contributed by atoms with E-state index in [0.29, 0.717) is 22.6 Å².